The smallest absolute Gasteiger partial charge is 0.278 e. The second-order valence-electron chi connectivity index (χ2n) is 6.55. The summed E-state index contributed by atoms with van der Waals surface area (Å²) in [6.07, 6.45) is 0.935. The third-order valence-corrected chi connectivity index (χ3v) is 6.38. The molecular weight excluding hydrogens is 385 g/mol. The highest BCUT2D eigenvalue weighted by Crippen LogP contribution is 2.31. The van der Waals surface area contributed by atoms with E-state index in [1.54, 1.807) is 28.5 Å². The third-order valence-electron chi connectivity index (χ3n) is 4.97. The van der Waals surface area contributed by atoms with E-state index in [1.807, 2.05) is 28.8 Å². The molecule has 7 heteroatoms. The molecule has 0 bridgehead atoms. The van der Waals surface area contributed by atoms with Crippen molar-refractivity contribution in [1.82, 2.24) is 14.1 Å². The number of halogens is 2. The summed E-state index contributed by atoms with van der Waals surface area (Å²) in [6.45, 7) is 0.838. The molecule has 3 heterocycles. The second kappa shape index (κ2) is 6.39. The van der Waals surface area contributed by atoms with E-state index in [4.69, 9.17) is 16.6 Å². The van der Waals surface area contributed by atoms with Crippen LogP contribution in [0.5, 0.6) is 0 Å². The van der Waals surface area contributed by atoms with Gasteiger partial charge in [0, 0.05) is 28.3 Å². The van der Waals surface area contributed by atoms with Gasteiger partial charge in [-0.3, -0.25) is 9.36 Å². The molecule has 0 N–H and O–H groups in total. The summed E-state index contributed by atoms with van der Waals surface area (Å²) >= 11 is 7.85. The monoisotopic (exact) mass is 399 g/mol. The largest absolute Gasteiger partial charge is 0.330 e. The molecule has 0 atom stereocenters. The van der Waals surface area contributed by atoms with E-state index in [-0.39, 0.29) is 17.9 Å². The Morgan fingerprint density at radius 1 is 1.19 bits per heavy atom. The normalized spacial score (nSPS) is 14.0. The fourth-order valence-corrected chi connectivity index (χ4v) is 4.85. The second-order valence-corrected chi connectivity index (χ2v) is 8.02. The van der Waals surface area contributed by atoms with Crippen LogP contribution < -0.4 is 5.56 Å². The van der Waals surface area contributed by atoms with Gasteiger partial charge in [-0.15, -0.1) is 0 Å². The molecular formula is C20H15ClFN3OS. The van der Waals surface area contributed by atoms with Gasteiger partial charge in [0.15, 0.2) is 5.16 Å². The van der Waals surface area contributed by atoms with Crippen LogP contribution in [0.25, 0.3) is 21.9 Å². The van der Waals surface area contributed by atoms with Gasteiger partial charge in [-0.25, -0.2) is 9.37 Å². The molecule has 5 rings (SSSR count). The van der Waals surface area contributed by atoms with Crippen LogP contribution in [0.1, 0.15) is 12.0 Å². The lowest BCUT2D eigenvalue weighted by molar-refractivity contribution is 0.568. The van der Waals surface area contributed by atoms with Crippen LogP contribution in [0.15, 0.2) is 52.4 Å². The summed E-state index contributed by atoms with van der Waals surface area (Å²) in [5.41, 5.74) is 2.32. The van der Waals surface area contributed by atoms with Gasteiger partial charge in [-0.1, -0.05) is 47.6 Å². The number of fused-ring (bicyclic) bond motifs is 4. The molecule has 0 amide bonds. The Hall–Kier alpha value is -2.31. The first kappa shape index (κ1) is 16.8. The first-order valence-corrected chi connectivity index (χ1v) is 10.1. The molecule has 4 aromatic rings. The molecule has 2 aromatic heterocycles. The fourth-order valence-electron chi connectivity index (χ4n) is 3.68. The number of nitrogens with zero attached hydrogens (tertiary/aromatic N) is 3. The number of hydrogen-bond donors (Lipinski definition) is 0. The molecule has 0 radical (unpaired) electrons. The van der Waals surface area contributed by atoms with Crippen molar-refractivity contribution in [3.05, 3.63) is 69.2 Å². The molecule has 2 aromatic carbocycles. The number of thioether (sulfide) groups is 1. The Kier molecular flexibility index (Phi) is 3.98. The van der Waals surface area contributed by atoms with Crippen LogP contribution >= 0.6 is 23.4 Å². The number of aromatic nitrogens is 3. The van der Waals surface area contributed by atoms with E-state index in [0.29, 0.717) is 28.2 Å². The van der Waals surface area contributed by atoms with Crippen LogP contribution in [0.3, 0.4) is 0 Å². The topological polar surface area (TPSA) is 39.8 Å². The van der Waals surface area contributed by atoms with Crippen LogP contribution in [-0.2, 0) is 13.1 Å². The highest BCUT2D eigenvalue weighted by molar-refractivity contribution is 7.99. The van der Waals surface area contributed by atoms with Gasteiger partial charge < -0.3 is 4.57 Å². The van der Waals surface area contributed by atoms with Crippen molar-refractivity contribution in [2.75, 3.05) is 5.75 Å². The average Bonchev–Trinajstić information content (AvgIpc) is 2.99. The lowest BCUT2D eigenvalue weighted by atomic mass is 10.2. The first-order valence-electron chi connectivity index (χ1n) is 8.72. The van der Waals surface area contributed by atoms with E-state index in [9.17, 15) is 9.18 Å². The van der Waals surface area contributed by atoms with Gasteiger partial charge in [0.1, 0.15) is 16.9 Å². The highest BCUT2D eigenvalue weighted by Gasteiger charge is 2.22. The van der Waals surface area contributed by atoms with Gasteiger partial charge in [0.05, 0.1) is 12.1 Å². The van der Waals surface area contributed by atoms with Crippen LogP contribution in [0.4, 0.5) is 4.39 Å². The Balaban J connectivity index is 1.86. The molecule has 27 heavy (non-hydrogen) atoms. The summed E-state index contributed by atoms with van der Waals surface area (Å²) < 4.78 is 18.0. The minimum absolute atomic E-state index is 0.0779. The molecule has 1 aliphatic rings. The molecule has 136 valence electrons. The molecule has 0 aliphatic carbocycles. The molecule has 1 aliphatic heterocycles. The molecule has 0 fully saturated rings. The van der Waals surface area contributed by atoms with Crippen molar-refractivity contribution in [1.29, 1.82) is 0 Å². The highest BCUT2D eigenvalue weighted by atomic mass is 35.5. The van der Waals surface area contributed by atoms with E-state index in [1.165, 1.54) is 6.07 Å². The van der Waals surface area contributed by atoms with Crippen LogP contribution in [0, 0.1) is 5.82 Å². The van der Waals surface area contributed by atoms with Crippen molar-refractivity contribution < 1.29 is 4.39 Å². The van der Waals surface area contributed by atoms with E-state index < -0.39 is 0 Å². The number of para-hydroxylation sites is 1. The van der Waals surface area contributed by atoms with Gasteiger partial charge in [-0.2, -0.15) is 0 Å². The van der Waals surface area contributed by atoms with Crippen molar-refractivity contribution in [3.8, 4) is 0 Å². The van der Waals surface area contributed by atoms with Crippen molar-refractivity contribution in [2.45, 2.75) is 24.7 Å². The van der Waals surface area contributed by atoms with Gasteiger partial charge in [-0.05, 0) is 24.6 Å². The zero-order valence-electron chi connectivity index (χ0n) is 14.3. The van der Waals surface area contributed by atoms with Gasteiger partial charge >= 0.3 is 0 Å². The van der Waals surface area contributed by atoms with E-state index in [0.717, 1.165) is 28.2 Å². The lowest BCUT2D eigenvalue weighted by Crippen LogP contribution is -2.27. The maximum atomic E-state index is 14.4. The maximum Gasteiger partial charge on any atom is 0.278 e. The van der Waals surface area contributed by atoms with Crippen LogP contribution in [-0.4, -0.2) is 19.9 Å². The first-order chi connectivity index (χ1) is 13.1. The summed E-state index contributed by atoms with van der Waals surface area (Å²) in [5, 5.41) is 2.00. The van der Waals surface area contributed by atoms with E-state index in [2.05, 4.69) is 0 Å². The zero-order chi connectivity index (χ0) is 18.5. The standard InChI is InChI=1S/C20H15ClFN3OS/c21-14-6-3-7-15(22)13(14)11-25-16-8-2-1-5-12(16)17-18(25)19(26)24-9-4-10-27-20(24)23-17/h1-3,5-8H,4,9-11H2. The Morgan fingerprint density at radius 2 is 2.04 bits per heavy atom. The minimum Gasteiger partial charge on any atom is -0.330 e. The SMILES string of the molecule is O=c1c2c(nc3n1CCCS3)c1ccccc1n2Cc1c(F)cccc1Cl. The average molecular weight is 400 g/mol. The minimum atomic E-state index is -0.380. The quantitative estimate of drug-likeness (QED) is 0.459. The number of benzene rings is 2. The molecule has 0 unspecified atom stereocenters. The third kappa shape index (κ3) is 2.58. The molecule has 0 spiro atoms. The molecule has 0 saturated carbocycles. The maximum absolute atomic E-state index is 14.4. The fraction of sp³-hybridized carbons (Fsp3) is 0.200. The number of rotatable bonds is 2. The van der Waals surface area contributed by atoms with Crippen molar-refractivity contribution >= 4 is 45.3 Å². The Labute approximate surface area is 163 Å². The van der Waals surface area contributed by atoms with Gasteiger partial charge in [0.25, 0.3) is 5.56 Å². The summed E-state index contributed by atoms with van der Waals surface area (Å²) in [7, 11) is 0. The summed E-state index contributed by atoms with van der Waals surface area (Å²) in [5.74, 6) is 0.580. The van der Waals surface area contributed by atoms with Gasteiger partial charge in [0.2, 0.25) is 0 Å². The van der Waals surface area contributed by atoms with Crippen molar-refractivity contribution in [3.63, 3.8) is 0 Å². The molecule has 0 saturated heterocycles. The Bertz CT molecular complexity index is 1240. The van der Waals surface area contributed by atoms with E-state index >= 15 is 0 Å². The predicted molar refractivity (Wildman–Crippen MR) is 107 cm³/mol. The zero-order valence-corrected chi connectivity index (χ0v) is 15.9. The Morgan fingerprint density at radius 3 is 2.89 bits per heavy atom. The van der Waals surface area contributed by atoms with Crippen LogP contribution in [0.2, 0.25) is 5.02 Å². The predicted octanol–water partition coefficient (Wildman–Crippen LogP) is 4.69. The summed E-state index contributed by atoms with van der Waals surface area (Å²) in [4.78, 5) is 18.1. The molecule has 4 nitrogen and oxygen atoms in total. The van der Waals surface area contributed by atoms with Crippen molar-refractivity contribution in [2.24, 2.45) is 0 Å². The number of hydrogen-bond acceptors (Lipinski definition) is 3. The summed E-state index contributed by atoms with van der Waals surface area (Å²) in [6, 6.07) is 12.4. The lowest BCUT2D eigenvalue weighted by Gasteiger charge is -2.17.